The molecule has 0 bridgehead atoms. The molecule has 18 rings (SSSR count). The standard InChI is InChI=1S/C115H111BN4/c1-111(2,3)89-62-79(63-90(71-89)112(4,5)6)59-77-49-55-102-106(64-77)119(76-101-99(83-39-25-18-26-40-83)73-93(115(13,14)15)74-100(101)84-41-27-19-28-42-84)109-66-78(57-58-117(94-43-29-20-30-44-94)95-51-53-96(54-52-95)120-104-47-33-31-45-97(104)98-46-32-34-48-105(98)120)65-108-110(109)116(102)103-56-50-85(88-68-91(113(7,8)9)72-92(69-88)114(10,11)12)70-107(103)118(108)75-80-60-86(81-35-21-16-22-36-81)67-87(61-80)82-37-23-17-24-38-82/h16-56,60-74H,57-59,75-76H2,1-15H3. The molecule has 0 saturated heterocycles. The van der Waals surface area contributed by atoms with E-state index < -0.39 is 0 Å². The van der Waals surface area contributed by atoms with Crippen LogP contribution in [0.5, 0.6) is 0 Å². The fourth-order valence-corrected chi connectivity index (χ4v) is 18.6. The second kappa shape index (κ2) is 31.1. The lowest BCUT2D eigenvalue weighted by Gasteiger charge is -2.45. The Labute approximate surface area is 713 Å². The van der Waals surface area contributed by atoms with Crippen LogP contribution in [0.2, 0.25) is 0 Å². The van der Waals surface area contributed by atoms with Gasteiger partial charge >= 0.3 is 0 Å². The van der Waals surface area contributed by atoms with Crippen LogP contribution in [0.3, 0.4) is 0 Å². The highest BCUT2D eigenvalue weighted by Crippen LogP contribution is 2.48. The monoisotopic (exact) mass is 1560 g/mol. The molecule has 5 heteroatoms. The number of rotatable bonds is 17. The molecule has 0 fully saturated rings. The van der Waals surface area contributed by atoms with E-state index in [1.165, 1.54) is 172 Å². The van der Waals surface area contributed by atoms with Crippen LogP contribution in [-0.2, 0) is 53.0 Å². The van der Waals surface area contributed by atoms with Crippen LogP contribution >= 0.6 is 0 Å². The molecule has 1 aromatic heterocycles. The number of anilines is 6. The number of nitrogens with zero attached hydrogens (tertiary/aromatic N) is 4. The Bertz CT molecular complexity index is 6260. The predicted octanol–water partition coefficient (Wildman–Crippen LogP) is 28.4. The zero-order valence-electron chi connectivity index (χ0n) is 72.7. The fourth-order valence-electron chi connectivity index (χ4n) is 18.6. The van der Waals surface area contributed by atoms with Gasteiger partial charge in [-0.1, -0.05) is 353 Å². The molecule has 0 atom stereocenters. The molecule has 0 aliphatic carbocycles. The van der Waals surface area contributed by atoms with Crippen molar-refractivity contribution in [2.75, 3.05) is 21.2 Å². The maximum absolute atomic E-state index is 2.80. The van der Waals surface area contributed by atoms with Crippen molar-refractivity contribution in [1.82, 2.24) is 4.57 Å². The van der Waals surface area contributed by atoms with Crippen molar-refractivity contribution in [3.05, 3.63) is 395 Å². The third-order valence-electron chi connectivity index (χ3n) is 25.4. The topological polar surface area (TPSA) is 14.7 Å². The van der Waals surface area contributed by atoms with Gasteiger partial charge in [-0.2, -0.15) is 0 Å². The van der Waals surface area contributed by atoms with Crippen molar-refractivity contribution in [3.8, 4) is 61.3 Å². The van der Waals surface area contributed by atoms with Gasteiger partial charge in [0.25, 0.3) is 6.71 Å². The van der Waals surface area contributed by atoms with Gasteiger partial charge in [-0.3, -0.25) is 0 Å². The van der Waals surface area contributed by atoms with Gasteiger partial charge in [-0.15, -0.1) is 0 Å². The summed E-state index contributed by atoms with van der Waals surface area (Å²) < 4.78 is 2.43. The Morgan fingerprint density at radius 2 is 0.675 bits per heavy atom. The molecule has 15 aromatic carbocycles. The number of aromatic nitrogens is 1. The Hall–Kier alpha value is -12.4. The maximum Gasteiger partial charge on any atom is 0.252 e. The second-order valence-corrected chi connectivity index (χ2v) is 39.0. The molecule has 3 heterocycles. The molecule has 0 radical (unpaired) electrons. The summed E-state index contributed by atoms with van der Waals surface area (Å²) in [6, 6.07) is 130. The van der Waals surface area contributed by atoms with Crippen molar-refractivity contribution < 1.29 is 0 Å². The SMILES string of the molecule is CC(C)(C)c1cc(Cc2ccc3c(c2)N(Cc2c(-c4ccccc4)cc(C(C)(C)C)cc2-c2ccccc2)c2cc(CCN(c4ccccc4)c4ccc(-n5c6ccccc6c6ccccc65)cc4)cc4c2B3c2ccc(-c3cc(C(C)(C)C)cc(C(C)(C)C)c3)cc2N4Cc2cc(-c3ccccc3)cc(-c3ccccc3)c2)cc(C(C)(C)C)c1. The molecule has 594 valence electrons. The van der Waals surface area contributed by atoms with Crippen molar-refractivity contribution in [3.63, 3.8) is 0 Å². The highest BCUT2D eigenvalue weighted by atomic mass is 15.2. The van der Waals surface area contributed by atoms with Crippen LogP contribution in [0.15, 0.2) is 340 Å². The van der Waals surface area contributed by atoms with Crippen LogP contribution < -0.4 is 31.1 Å². The van der Waals surface area contributed by atoms with E-state index in [2.05, 4.69) is 463 Å². The lowest BCUT2D eigenvalue weighted by atomic mass is 9.33. The minimum atomic E-state index is -0.151. The third kappa shape index (κ3) is 15.5. The number of hydrogen-bond donors (Lipinski definition) is 0. The molecule has 16 aromatic rings. The molecule has 0 N–H and O–H groups in total. The van der Waals surface area contributed by atoms with Crippen molar-refractivity contribution in [2.24, 2.45) is 0 Å². The number of para-hydroxylation sites is 3. The highest BCUT2D eigenvalue weighted by molar-refractivity contribution is 7.00. The van der Waals surface area contributed by atoms with E-state index in [1.807, 2.05) is 0 Å². The predicted molar refractivity (Wildman–Crippen MR) is 516 cm³/mol. The molecule has 0 saturated carbocycles. The first-order valence-electron chi connectivity index (χ1n) is 43.4. The van der Waals surface area contributed by atoms with Crippen molar-refractivity contribution in [2.45, 2.75) is 157 Å². The van der Waals surface area contributed by atoms with Gasteiger partial charge in [-0.05, 0) is 259 Å². The van der Waals surface area contributed by atoms with Crippen LogP contribution in [-0.4, -0.2) is 17.8 Å². The van der Waals surface area contributed by atoms with Gasteiger partial charge < -0.3 is 19.3 Å². The summed E-state index contributed by atoms with van der Waals surface area (Å²) in [4.78, 5) is 8.10. The molecule has 4 nitrogen and oxygen atoms in total. The molecule has 2 aliphatic rings. The van der Waals surface area contributed by atoms with Gasteiger partial charge in [-0.25, -0.2) is 0 Å². The molecule has 120 heavy (non-hydrogen) atoms. The number of benzene rings is 15. The molecule has 0 spiro atoms. The van der Waals surface area contributed by atoms with Gasteiger partial charge in [0.1, 0.15) is 0 Å². The Balaban J connectivity index is 0.907. The Kier molecular flexibility index (Phi) is 20.4. The van der Waals surface area contributed by atoms with Gasteiger partial charge in [0.05, 0.1) is 11.0 Å². The first-order chi connectivity index (χ1) is 57.6. The summed E-state index contributed by atoms with van der Waals surface area (Å²) in [6.07, 6.45) is 1.51. The van der Waals surface area contributed by atoms with E-state index in [9.17, 15) is 0 Å². The van der Waals surface area contributed by atoms with Crippen molar-refractivity contribution in [1.29, 1.82) is 0 Å². The van der Waals surface area contributed by atoms with Crippen molar-refractivity contribution >= 4 is 79.0 Å². The fraction of sp³-hybridized carbons (Fsp3) is 0.217. The van der Waals surface area contributed by atoms with Crippen LogP contribution in [0, 0.1) is 0 Å². The van der Waals surface area contributed by atoms with E-state index in [0.717, 1.165) is 29.9 Å². The smallest absolute Gasteiger partial charge is 0.252 e. The Morgan fingerprint density at radius 3 is 1.17 bits per heavy atom. The summed E-state index contributed by atoms with van der Waals surface area (Å²) in [5.74, 6) is 0. The van der Waals surface area contributed by atoms with E-state index in [0.29, 0.717) is 19.6 Å². The van der Waals surface area contributed by atoms with Gasteiger partial charge in [0.15, 0.2) is 0 Å². The van der Waals surface area contributed by atoms with E-state index in [1.54, 1.807) is 0 Å². The maximum atomic E-state index is 2.80. The Morgan fingerprint density at radius 1 is 0.275 bits per heavy atom. The average Bonchev–Trinajstić information content (AvgIpc) is 0.902. The molecule has 0 amide bonds. The quantitative estimate of drug-likeness (QED) is 0.0845. The minimum absolute atomic E-state index is 0.0460. The molecular formula is C115H111BN4. The summed E-state index contributed by atoms with van der Waals surface area (Å²) in [5.41, 5.74) is 39.5. The van der Waals surface area contributed by atoms with Crippen LogP contribution in [0.25, 0.3) is 83.1 Å². The summed E-state index contributed by atoms with van der Waals surface area (Å²) in [6.45, 7) is 37.2. The lowest BCUT2D eigenvalue weighted by molar-refractivity contribution is 0.567. The highest BCUT2D eigenvalue weighted by Gasteiger charge is 2.44. The normalized spacial score (nSPS) is 12.9. The second-order valence-electron chi connectivity index (χ2n) is 39.0. The zero-order valence-corrected chi connectivity index (χ0v) is 72.7. The summed E-state index contributed by atoms with van der Waals surface area (Å²) >= 11 is 0. The minimum Gasteiger partial charge on any atom is -0.341 e. The van der Waals surface area contributed by atoms with Gasteiger partial charge in [0.2, 0.25) is 0 Å². The van der Waals surface area contributed by atoms with E-state index in [-0.39, 0.29) is 33.8 Å². The largest absolute Gasteiger partial charge is 0.341 e. The zero-order chi connectivity index (χ0) is 83.2. The lowest BCUT2D eigenvalue weighted by Crippen LogP contribution is -2.62. The van der Waals surface area contributed by atoms with E-state index >= 15 is 0 Å². The average molecular weight is 1560 g/mol. The molecule has 2 aliphatic heterocycles. The molecular weight excluding hydrogens is 1450 g/mol. The number of hydrogen-bond acceptors (Lipinski definition) is 3. The van der Waals surface area contributed by atoms with Crippen LogP contribution in [0.1, 0.15) is 159 Å². The first kappa shape index (κ1) is 78.7. The first-order valence-corrected chi connectivity index (χ1v) is 43.4. The van der Waals surface area contributed by atoms with Crippen LogP contribution in [0.4, 0.5) is 34.1 Å². The number of fused-ring (bicyclic) bond motifs is 7. The van der Waals surface area contributed by atoms with Gasteiger partial charge in [0, 0.05) is 70.2 Å². The third-order valence-corrected chi connectivity index (χ3v) is 25.4. The summed E-state index contributed by atoms with van der Waals surface area (Å²) in [5, 5.41) is 2.51. The summed E-state index contributed by atoms with van der Waals surface area (Å²) in [7, 11) is 0. The van der Waals surface area contributed by atoms with E-state index in [4.69, 9.17) is 0 Å². The molecule has 0 unspecified atom stereocenters.